The minimum absolute atomic E-state index is 0.430. The zero-order valence-corrected chi connectivity index (χ0v) is 12.5. The van der Waals surface area contributed by atoms with Gasteiger partial charge in [0.1, 0.15) is 0 Å². The number of aryl methyl sites for hydroxylation is 1. The van der Waals surface area contributed by atoms with E-state index in [0.717, 1.165) is 16.7 Å². The summed E-state index contributed by atoms with van der Waals surface area (Å²) in [5, 5.41) is 3.33. The second kappa shape index (κ2) is 5.17. The van der Waals surface area contributed by atoms with Gasteiger partial charge in [-0.3, -0.25) is 4.98 Å². The van der Waals surface area contributed by atoms with Crippen molar-refractivity contribution in [3.63, 3.8) is 0 Å². The Labute approximate surface area is 123 Å². The number of nitrogens with one attached hydrogen (secondary N) is 2. The van der Waals surface area contributed by atoms with Gasteiger partial charge in [0.2, 0.25) is 0 Å². The molecule has 0 saturated heterocycles. The van der Waals surface area contributed by atoms with Crippen LogP contribution in [0.4, 0.5) is 5.69 Å². The normalized spacial score (nSPS) is 10.9. The quantitative estimate of drug-likeness (QED) is 0.766. The number of halogens is 1. The lowest BCUT2D eigenvalue weighted by molar-refractivity contribution is 0.555. The van der Waals surface area contributed by atoms with Crippen molar-refractivity contribution >= 4 is 32.7 Å². The van der Waals surface area contributed by atoms with Gasteiger partial charge in [-0.1, -0.05) is 28.1 Å². The molecule has 0 saturated carbocycles. The summed E-state index contributed by atoms with van der Waals surface area (Å²) >= 11 is 3.49. The van der Waals surface area contributed by atoms with E-state index >= 15 is 0 Å². The molecule has 3 aromatic rings. The smallest absolute Gasteiger partial charge is 0.408 e. The van der Waals surface area contributed by atoms with Crippen molar-refractivity contribution in [3.8, 4) is 0 Å². The number of aromatic nitrogens is 1. The Morgan fingerprint density at radius 1 is 1.25 bits per heavy atom. The first-order chi connectivity index (χ1) is 9.61. The standard InChI is InChI=1S/C15H13BrN2O2/c1-9-6-10(2-4-12(9)16)8-17-11-3-5-14-13(7-11)18-15(19)20-14/h2-7,17H,8H2,1H3,(H,18,19). The molecule has 0 amide bonds. The lowest BCUT2D eigenvalue weighted by Crippen LogP contribution is -1.99. The molecule has 4 nitrogen and oxygen atoms in total. The molecule has 0 atom stereocenters. The van der Waals surface area contributed by atoms with Crippen molar-refractivity contribution in [1.29, 1.82) is 0 Å². The summed E-state index contributed by atoms with van der Waals surface area (Å²) in [6.45, 7) is 2.79. The Morgan fingerprint density at radius 2 is 2.10 bits per heavy atom. The SMILES string of the molecule is Cc1cc(CNc2ccc3oc(=O)[nH]c3c2)ccc1Br. The van der Waals surface area contributed by atoms with Crippen LogP contribution in [-0.4, -0.2) is 4.98 Å². The van der Waals surface area contributed by atoms with Crippen molar-refractivity contribution in [1.82, 2.24) is 4.98 Å². The van der Waals surface area contributed by atoms with Crippen molar-refractivity contribution in [2.75, 3.05) is 5.32 Å². The van der Waals surface area contributed by atoms with Crippen LogP contribution >= 0.6 is 15.9 Å². The molecule has 3 rings (SSSR count). The van der Waals surface area contributed by atoms with Crippen LogP contribution in [0.15, 0.2) is 50.1 Å². The van der Waals surface area contributed by atoms with Crippen LogP contribution in [0.1, 0.15) is 11.1 Å². The van der Waals surface area contributed by atoms with E-state index in [1.54, 1.807) is 6.07 Å². The molecule has 2 N–H and O–H groups in total. The maximum absolute atomic E-state index is 11.1. The third-order valence-electron chi connectivity index (χ3n) is 3.14. The Hall–Kier alpha value is -2.01. The Morgan fingerprint density at radius 3 is 2.90 bits per heavy atom. The molecular formula is C15H13BrN2O2. The van der Waals surface area contributed by atoms with Gasteiger partial charge in [-0.15, -0.1) is 0 Å². The van der Waals surface area contributed by atoms with Crippen molar-refractivity contribution in [2.24, 2.45) is 0 Å². The van der Waals surface area contributed by atoms with Gasteiger partial charge in [-0.05, 0) is 42.3 Å². The lowest BCUT2D eigenvalue weighted by atomic mass is 10.1. The van der Waals surface area contributed by atoms with Crippen LogP contribution in [0, 0.1) is 6.92 Å². The summed E-state index contributed by atoms with van der Waals surface area (Å²) in [5.74, 6) is -0.430. The molecule has 1 aromatic heterocycles. The average Bonchev–Trinajstić information content (AvgIpc) is 2.79. The Bertz CT molecular complexity index is 820. The molecule has 0 fully saturated rings. The fourth-order valence-electron chi connectivity index (χ4n) is 2.08. The fraction of sp³-hybridized carbons (Fsp3) is 0.133. The van der Waals surface area contributed by atoms with E-state index in [9.17, 15) is 4.79 Å². The van der Waals surface area contributed by atoms with Crippen LogP contribution in [-0.2, 0) is 6.54 Å². The topological polar surface area (TPSA) is 58.0 Å². The number of hydrogen-bond acceptors (Lipinski definition) is 3. The maximum Gasteiger partial charge on any atom is 0.417 e. The molecule has 0 radical (unpaired) electrons. The summed E-state index contributed by atoms with van der Waals surface area (Å²) in [4.78, 5) is 13.7. The number of oxazole rings is 1. The molecule has 0 aliphatic rings. The zero-order valence-electron chi connectivity index (χ0n) is 10.9. The molecule has 20 heavy (non-hydrogen) atoms. The molecule has 0 unspecified atom stereocenters. The summed E-state index contributed by atoms with van der Waals surface area (Å²) in [6, 6.07) is 11.8. The highest BCUT2D eigenvalue weighted by Crippen LogP contribution is 2.19. The van der Waals surface area contributed by atoms with Crippen LogP contribution < -0.4 is 11.1 Å². The summed E-state index contributed by atoms with van der Waals surface area (Å²) in [6.07, 6.45) is 0. The van der Waals surface area contributed by atoms with Crippen molar-refractivity contribution in [3.05, 3.63) is 62.5 Å². The Balaban J connectivity index is 1.78. The van der Waals surface area contributed by atoms with Gasteiger partial charge in [0.25, 0.3) is 0 Å². The molecule has 2 aromatic carbocycles. The average molecular weight is 333 g/mol. The minimum Gasteiger partial charge on any atom is -0.408 e. The van der Waals surface area contributed by atoms with Gasteiger partial charge in [0.15, 0.2) is 5.58 Å². The zero-order chi connectivity index (χ0) is 14.1. The molecule has 0 spiro atoms. The van der Waals surface area contributed by atoms with Gasteiger partial charge in [-0.25, -0.2) is 4.79 Å². The largest absolute Gasteiger partial charge is 0.417 e. The predicted molar refractivity (Wildman–Crippen MR) is 83.0 cm³/mol. The predicted octanol–water partition coefficient (Wildman–Crippen LogP) is 3.80. The second-order valence-corrected chi connectivity index (χ2v) is 5.52. The van der Waals surface area contributed by atoms with Gasteiger partial charge >= 0.3 is 5.76 Å². The molecule has 0 aliphatic heterocycles. The first kappa shape index (κ1) is 13.0. The van der Waals surface area contributed by atoms with Crippen LogP contribution in [0.5, 0.6) is 0 Å². The summed E-state index contributed by atoms with van der Waals surface area (Å²) in [5.41, 5.74) is 4.62. The lowest BCUT2D eigenvalue weighted by Gasteiger charge is -2.08. The number of rotatable bonds is 3. The molecular weight excluding hydrogens is 320 g/mol. The molecule has 102 valence electrons. The number of hydrogen-bond donors (Lipinski definition) is 2. The first-order valence-electron chi connectivity index (χ1n) is 6.23. The van der Waals surface area contributed by atoms with Gasteiger partial charge < -0.3 is 9.73 Å². The van der Waals surface area contributed by atoms with Crippen LogP contribution in [0.2, 0.25) is 0 Å². The van der Waals surface area contributed by atoms with E-state index in [-0.39, 0.29) is 0 Å². The molecule has 0 aliphatic carbocycles. The summed E-state index contributed by atoms with van der Waals surface area (Å²) in [7, 11) is 0. The highest BCUT2D eigenvalue weighted by molar-refractivity contribution is 9.10. The van der Waals surface area contributed by atoms with E-state index in [2.05, 4.69) is 45.3 Å². The Kier molecular flexibility index (Phi) is 3.36. The summed E-state index contributed by atoms with van der Waals surface area (Å²) < 4.78 is 6.08. The van der Waals surface area contributed by atoms with E-state index < -0.39 is 5.76 Å². The highest BCUT2D eigenvalue weighted by atomic mass is 79.9. The van der Waals surface area contributed by atoms with Crippen LogP contribution in [0.25, 0.3) is 11.1 Å². The third-order valence-corrected chi connectivity index (χ3v) is 4.03. The number of H-pyrrole nitrogens is 1. The van der Waals surface area contributed by atoms with E-state index in [1.807, 2.05) is 18.2 Å². The highest BCUT2D eigenvalue weighted by Gasteiger charge is 2.02. The maximum atomic E-state index is 11.1. The van der Waals surface area contributed by atoms with Gasteiger partial charge in [0.05, 0.1) is 5.52 Å². The van der Waals surface area contributed by atoms with Crippen LogP contribution in [0.3, 0.4) is 0 Å². The van der Waals surface area contributed by atoms with E-state index in [0.29, 0.717) is 11.1 Å². The minimum atomic E-state index is -0.430. The van der Waals surface area contributed by atoms with E-state index in [1.165, 1.54) is 11.1 Å². The number of benzene rings is 2. The molecule has 0 bridgehead atoms. The number of aromatic amines is 1. The van der Waals surface area contributed by atoms with Crippen molar-refractivity contribution in [2.45, 2.75) is 13.5 Å². The fourth-order valence-corrected chi connectivity index (χ4v) is 2.33. The number of fused-ring (bicyclic) bond motifs is 1. The number of anilines is 1. The van der Waals surface area contributed by atoms with Crippen molar-refractivity contribution < 1.29 is 4.42 Å². The van der Waals surface area contributed by atoms with E-state index in [4.69, 9.17) is 4.42 Å². The van der Waals surface area contributed by atoms with Gasteiger partial charge in [-0.2, -0.15) is 0 Å². The first-order valence-corrected chi connectivity index (χ1v) is 7.03. The third kappa shape index (κ3) is 2.63. The monoisotopic (exact) mass is 332 g/mol. The van der Waals surface area contributed by atoms with Gasteiger partial charge in [0, 0.05) is 16.7 Å². The second-order valence-electron chi connectivity index (χ2n) is 4.66. The molecule has 5 heteroatoms. The molecule has 1 heterocycles.